The first-order valence-electron chi connectivity index (χ1n) is 7.11. The summed E-state index contributed by atoms with van der Waals surface area (Å²) in [4.78, 5) is 25.6. The first-order chi connectivity index (χ1) is 10.7. The molecule has 0 saturated carbocycles. The lowest BCUT2D eigenvalue weighted by molar-refractivity contribution is -0.114. The van der Waals surface area contributed by atoms with Crippen LogP contribution in [0.1, 0.15) is 28.1 Å². The van der Waals surface area contributed by atoms with Gasteiger partial charge in [-0.3, -0.25) is 9.59 Å². The second kappa shape index (κ2) is 5.89. The zero-order valence-electron chi connectivity index (χ0n) is 12.0. The summed E-state index contributed by atoms with van der Waals surface area (Å²) in [7, 11) is 0. The van der Waals surface area contributed by atoms with Crippen LogP contribution in [0.3, 0.4) is 0 Å². The number of nitrogens with zero attached hydrogens (tertiary/aromatic N) is 1. The van der Waals surface area contributed by atoms with Gasteiger partial charge in [-0.1, -0.05) is 6.07 Å². The molecule has 0 aliphatic carbocycles. The van der Waals surface area contributed by atoms with Gasteiger partial charge in [0.2, 0.25) is 5.91 Å². The van der Waals surface area contributed by atoms with Crippen molar-refractivity contribution in [2.75, 3.05) is 11.4 Å². The Kier molecular flexibility index (Phi) is 3.78. The number of fused-ring (bicyclic) bond motifs is 1. The molecule has 1 aromatic carbocycles. The van der Waals surface area contributed by atoms with E-state index < -0.39 is 5.91 Å². The Bertz CT molecular complexity index is 732. The van der Waals surface area contributed by atoms with Crippen LogP contribution in [0.15, 0.2) is 47.1 Å². The highest BCUT2D eigenvalue weighted by Crippen LogP contribution is 2.30. The molecule has 0 bridgehead atoms. The zero-order valence-corrected chi connectivity index (χ0v) is 12.0. The number of carbonyl (C=O) groups is 2. The molecule has 0 fully saturated rings. The third-order valence-electron chi connectivity index (χ3n) is 3.72. The van der Waals surface area contributed by atoms with E-state index in [1.165, 1.54) is 6.08 Å². The van der Waals surface area contributed by atoms with E-state index in [1.54, 1.807) is 41.5 Å². The second-order valence-electron chi connectivity index (χ2n) is 5.11. The van der Waals surface area contributed by atoms with Gasteiger partial charge in [-0.15, -0.1) is 0 Å². The van der Waals surface area contributed by atoms with Gasteiger partial charge in [-0.25, -0.2) is 0 Å². The number of furan rings is 1. The predicted molar refractivity (Wildman–Crippen MR) is 83.4 cm³/mol. The van der Waals surface area contributed by atoms with Gasteiger partial charge in [0.15, 0.2) is 0 Å². The normalized spacial score (nSPS) is 14.1. The van der Waals surface area contributed by atoms with Gasteiger partial charge in [-0.05, 0) is 48.7 Å². The molecule has 1 aliphatic heterocycles. The van der Waals surface area contributed by atoms with E-state index in [0.29, 0.717) is 17.9 Å². The molecule has 0 spiro atoms. The van der Waals surface area contributed by atoms with Gasteiger partial charge in [-0.2, -0.15) is 0 Å². The maximum atomic E-state index is 12.4. The highest BCUT2D eigenvalue weighted by atomic mass is 16.3. The van der Waals surface area contributed by atoms with Crippen molar-refractivity contribution in [2.45, 2.75) is 12.8 Å². The molecule has 5 nitrogen and oxygen atoms in total. The summed E-state index contributed by atoms with van der Waals surface area (Å²) >= 11 is 0. The van der Waals surface area contributed by atoms with E-state index in [4.69, 9.17) is 10.2 Å². The van der Waals surface area contributed by atoms with E-state index in [-0.39, 0.29) is 5.91 Å². The monoisotopic (exact) mass is 296 g/mol. The molecule has 5 heteroatoms. The second-order valence-corrected chi connectivity index (χ2v) is 5.11. The highest BCUT2D eigenvalue weighted by molar-refractivity contribution is 6.06. The van der Waals surface area contributed by atoms with Gasteiger partial charge in [0.25, 0.3) is 5.91 Å². The number of anilines is 1. The zero-order chi connectivity index (χ0) is 15.5. The van der Waals surface area contributed by atoms with E-state index >= 15 is 0 Å². The SMILES string of the molecule is NC(=O)c1cccc2c1CCCN2C(=O)/C=C\c1ccco1. The van der Waals surface area contributed by atoms with Crippen molar-refractivity contribution < 1.29 is 14.0 Å². The van der Waals surface area contributed by atoms with Crippen LogP contribution in [-0.2, 0) is 11.2 Å². The van der Waals surface area contributed by atoms with Crippen molar-refractivity contribution in [1.29, 1.82) is 0 Å². The Morgan fingerprint density at radius 2 is 2.09 bits per heavy atom. The van der Waals surface area contributed by atoms with E-state index in [9.17, 15) is 9.59 Å². The van der Waals surface area contributed by atoms with Crippen molar-refractivity contribution in [3.8, 4) is 0 Å². The molecule has 1 aromatic heterocycles. The lowest BCUT2D eigenvalue weighted by atomic mass is 9.96. The van der Waals surface area contributed by atoms with Gasteiger partial charge in [0.1, 0.15) is 5.76 Å². The summed E-state index contributed by atoms with van der Waals surface area (Å²) in [5, 5.41) is 0. The van der Waals surface area contributed by atoms with Crippen molar-refractivity contribution >= 4 is 23.6 Å². The molecule has 2 aromatic rings. The molecule has 0 atom stereocenters. The molecule has 22 heavy (non-hydrogen) atoms. The van der Waals surface area contributed by atoms with E-state index in [1.807, 2.05) is 6.07 Å². The fourth-order valence-electron chi connectivity index (χ4n) is 2.71. The topological polar surface area (TPSA) is 76.5 Å². The van der Waals surface area contributed by atoms with Gasteiger partial charge in [0.05, 0.1) is 6.26 Å². The van der Waals surface area contributed by atoms with E-state index in [0.717, 1.165) is 24.1 Å². The number of rotatable bonds is 3. The van der Waals surface area contributed by atoms with Crippen LogP contribution in [0.5, 0.6) is 0 Å². The summed E-state index contributed by atoms with van der Waals surface area (Å²) in [6.07, 6.45) is 6.22. The van der Waals surface area contributed by atoms with Crippen LogP contribution >= 0.6 is 0 Å². The van der Waals surface area contributed by atoms with Crippen LogP contribution in [0, 0.1) is 0 Å². The summed E-state index contributed by atoms with van der Waals surface area (Å²) in [6.45, 7) is 0.622. The van der Waals surface area contributed by atoms with Crippen LogP contribution in [0.25, 0.3) is 6.08 Å². The molecule has 0 saturated heterocycles. The maximum Gasteiger partial charge on any atom is 0.251 e. The highest BCUT2D eigenvalue weighted by Gasteiger charge is 2.24. The van der Waals surface area contributed by atoms with Crippen LogP contribution in [0.2, 0.25) is 0 Å². The average molecular weight is 296 g/mol. The third-order valence-corrected chi connectivity index (χ3v) is 3.72. The lowest BCUT2D eigenvalue weighted by Crippen LogP contribution is -2.35. The molecule has 2 amide bonds. The summed E-state index contributed by atoms with van der Waals surface area (Å²) < 4.78 is 5.17. The minimum absolute atomic E-state index is 0.140. The quantitative estimate of drug-likeness (QED) is 0.883. The Morgan fingerprint density at radius 1 is 1.23 bits per heavy atom. The Morgan fingerprint density at radius 3 is 2.82 bits per heavy atom. The number of primary amides is 1. The smallest absolute Gasteiger partial charge is 0.251 e. The number of hydrogen-bond acceptors (Lipinski definition) is 3. The van der Waals surface area contributed by atoms with Gasteiger partial charge >= 0.3 is 0 Å². The van der Waals surface area contributed by atoms with Crippen LogP contribution in [-0.4, -0.2) is 18.4 Å². The molecule has 3 rings (SSSR count). The number of amides is 2. The lowest BCUT2D eigenvalue weighted by Gasteiger charge is -2.29. The van der Waals surface area contributed by atoms with Gasteiger partial charge in [0, 0.05) is 23.9 Å². The first kappa shape index (κ1) is 14.1. The van der Waals surface area contributed by atoms with E-state index in [2.05, 4.69) is 0 Å². The summed E-state index contributed by atoms with van der Waals surface area (Å²) in [5.74, 6) is 0.0210. The van der Waals surface area contributed by atoms with Crippen LogP contribution in [0.4, 0.5) is 5.69 Å². The molecule has 1 aliphatic rings. The molecular weight excluding hydrogens is 280 g/mol. The minimum Gasteiger partial charge on any atom is -0.465 e. The predicted octanol–water partition coefficient (Wildman–Crippen LogP) is 2.37. The fraction of sp³-hybridized carbons (Fsp3) is 0.176. The van der Waals surface area contributed by atoms with Crippen molar-refractivity contribution in [3.05, 3.63) is 59.6 Å². The first-order valence-corrected chi connectivity index (χ1v) is 7.11. The van der Waals surface area contributed by atoms with Crippen molar-refractivity contribution in [1.82, 2.24) is 0 Å². The largest absolute Gasteiger partial charge is 0.465 e. The fourth-order valence-corrected chi connectivity index (χ4v) is 2.71. The maximum absolute atomic E-state index is 12.4. The van der Waals surface area contributed by atoms with Crippen molar-refractivity contribution in [2.24, 2.45) is 5.73 Å². The summed E-state index contributed by atoms with van der Waals surface area (Å²) in [6, 6.07) is 8.84. The Labute approximate surface area is 128 Å². The molecular formula is C17H16N2O3. The number of hydrogen-bond donors (Lipinski definition) is 1. The van der Waals surface area contributed by atoms with Crippen molar-refractivity contribution in [3.63, 3.8) is 0 Å². The van der Waals surface area contributed by atoms with Gasteiger partial charge < -0.3 is 15.1 Å². The molecule has 2 heterocycles. The van der Waals surface area contributed by atoms with Crippen LogP contribution < -0.4 is 10.6 Å². The molecule has 2 N–H and O–H groups in total. The Balaban J connectivity index is 1.90. The Hall–Kier alpha value is -2.82. The third kappa shape index (κ3) is 2.65. The average Bonchev–Trinajstić information content (AvgIpc) is 3.04. The summed E-state index contributed by atoms with van der Waals surface area (Å²) in [5.41, 5.74) is 7.51. The molecule has 0 radical (unpaired) electrons. The number of benzene rings is 1. The molecule has 0 unspecified atom stereocenters. The molecule has 112 valence electrons. The number of nitrogens with two attached hydrogens (primary N) is 1. The standard InChI is InChI=1S/C17H16N2O3/c18-17(21)14-5-1-7-15-13(14)6-2-10-19(15)16(20)9-8-12-4-3-11-22-12/h1,3-5,7-9,11H,2,6,10H2,(H2,18,21)/b9-8-. The number of carbonyl (C=O) groups excluding carboxylic acids is 2. The minimum atomic E-state index is -0.461.